The monoisotopic (exact) mass is 383 g/mol. The van der Waals surface area contributed by atoms with Gasteiger partial charge in [0.1, 0.15) is 11.8 Å². The van der Waals surface area contributed by atoms with E-state index in [1.165, 1.54) is 23.5 Å². The van der Waals surface area contributed by atoms with E-state index in [1.807, 2.05) is 0 Å². The number of carbonyl (C=O) groups is 2. The number of hydrogen-bond donors (Lipinski definition) is 3. The Bertz CT molecular complexity index is 1040. The molecule has 0 saturated heterocycles. The summed E-state index contributed by atoms with van der Waals surface area (Å²) < 4.78 is 14.3. The zero-order chi connectivity index (χ0) is 20.3. The summed E-state index contributed by atoms with van der Waals surface area (Å²) in [5.74, 6) is 4.85. The average molecular weight is 383 g/mol. The molecule has 2 heterocycles. The van der Waals surface area contributed by atoms with Crippen molar-refractivity contribution in [2.24, 2.45) is 11.6 Å². The minimum absolute atomic E-state index is 0.0152. The van der Waals surface area contributed by atoms with Gasteiger partial charge in [0, 0.05) is 23.7 Å². The van der Waals surface area contributed by atoms with Gasteiger partial charge in [0.15, 0.2) is 23.1 Å². The van der Waals surface area contributed by atoms with Crippen LogP contribution in [-0.2, 0) is 4.79 Å². The van der Waals surface area contributed by atoms with Gasteiger partial charge in [-0.1, -0.05) is 6.07 Å². The van der Waals surface area contributed by atoms with Crippen LogP contribution >= 0.6 is 0 Å². The van der Waals surface area contributed by atoms with E-state index in [1.54, 1.807) is 25.1 Å². The minimum Gasteiger partial charge on any atom is -0.364 e. The predicted octanol–water partition coefficient (Wildman–Crippen LogP) is 1.66. The van der Waals surface area contributed by atoms with E-state index in [2.05, 4.69) is 20.3 Å². The molecule has 2 aromatic heterocycles. The van der Waals surface area contributed by atoms with Crippen LogP contribution in [0.2, 0.25) is 0 Å². The Morgan fingerprint density at radius 3 is 2.89 bits per heavy atom. The molecule has 3 aromatic rings. The second kappa shape index (κ2) is 7.92. The number of benzene rings is 1. The largest absolute Gasteiger partial charge is 0.364 e. The molecular weight excluding hydrogens is 365 g/mol. The quantitative estimate of drug-likeness (QED) is 0.318. The van der Waals surface area contributed by atoms with E-state index in [9.17, 15) is 14.0 Å². The molecule has 28 heavy (non-hydrogen) atoms. The van der Waals surface area contributed by atoms with Crippen LogP contribution in [0, 0.1) is 5.82 Å². The lowest BCUT2D eigenvalue weighted by molar-refractivity contribution is -0.108. The van der Waals surface area contributed by atoms with E-state index in [0.29, 0.717) is 11.1 Å². The van der Waals surface area contributed by atoms with Gasteiger partial charge in [-0.2, -0.15) is 0 Å². The van der Waals surface area contributed by atoms with Gasteiger partial charge in [0.05, 0.1) is 12.2 Å². The van der Waals surface area contributed by atoms with E-state index < -0.39 is 11.7 Å². The Labute approximate surface area is 159 Å². The van der Waals surface area contributed by atoms with Crippen molar-refractivity contribution in [2.75, 3.05) is 10.3 Å². The first-order valence-corrected chi connectivity index (χ1v) is 8.36. The van der Waals surface area contributed by atoms with Gasteiger partial charge in [-0.15, -0.1) is 0 Å². The van der Waals surface area contributed by atoms with Crippen LogP contribution in [0.3, 0.4) is 0 Å². The van der Waals surface area contributed by atoms with Gasteiger partial charge < -0.3 is 15.8 Å². The highest BCUT2D eigenvalue weighted by Crippen LogP contribution is 2.25. The Hall–Kier alpha value is -3.66. The Morgan fingerprint density at radius 1 is 1.39 bits per heavy atom. The predicted molar refractivity (Wildman–Crippen MR) is 102 cm³/mol. The number of halogens is 1. The molecule has 0 spiro atoms. The molecule has 0 bridgehead atoms. The molecule has 0 saturated carbocycles. The van der Waals surface area contributed by atoms with Crippen molar-refractivity contribution in [1.82, 2.24) is 15.0 Å². The molecule has 144 valence electrons. The summed E-state index contributed by atoms with van der Waals surface area (Å²) in [6.45, 7) is 1.73. The number of pyridine rings is 1. The van der Waals surface area contributed by atoms with Crippen molar-refractivity contribution in [3.05, 3.63) is 48.2 Å². The Balaban J connectivity index is 2.01. The number of carbonyl (C=O) groups excluding carboxylic acids is 2. The summed E-state index contributed by atoms with van der Waals surface area (Å²) in [7, 11) is 0. The fourth-order valence-electron chi connectivity index (χ4n) is 2.61. The molecule has 0 aliphatic rings. The average Bonchev–Trinajstić information content (AvgIpc) is 2.67. The molecule has 3 rings (SSSR count). The number of rotatable bonds is 7. The van der Waals surface area contributed by atoms with Crippen molar-refractivity contribution in [1.29, 1.82) is 0 Å². The number of anilines is 3. The van der Waals surface area contributed by atoms with Crippen LogP contribution in [0.1, 0.15) is 23.8 Å². The lowest BCUT2D eigenvalue weighted by Crippen LogP contribution is -2.40. The number of aldehydes is 1. The Morgan fingerprint density at radius 2 is 2.18 bits per heavy atom. The number of aromatic nitrogens is 3. The first-order chi connectivity index (χ1) is 13.4. The number of nitrogens with two attached hydrogens (primary N) is 2. The number of amides is 1. The van der Waals surface area contributed by atoms with Crippen molar-refractivity contribution in [3.8, 4) is 0 Å². The molecule has 1 aromatic carbocycles. The van der Waals surface area contributed by atoms with Crippen LogP contribution in [0.5, 0.6) is 0 Å². The molecule has 0 aliphatic carbocycles. The summed E-state index contributed by atoms with van der Waals surface area (Å²) in [6, 6.07) is 5.92. The molecule has 1 amide bonds. The SMILES string of the molecule is C[C@H](CC=O)N(N)c1cnc(C(N)=O)c(Nc2cc(F)c3ncccc3c2)n1. The van der Waals surface area contributed by atoms with Crippen molar-refractivity contribution in [2.45, 2.75) is 19.4 Å². The van der Waals surface area contributed by atoms with Gasteiger partial charge in [-0.3, -0.25) is 14.8 Å². The van der Waals surface area contributed by atoms with Crippen LogP contribution in [0.4, 0.5) is 21.7 Å². The zero-order valence-corrected chi connectivity index (χ0v) is 15.0. The summed E-state index contributed by atoms with van der Waals surface area (Å²) in [6.07, 6.45) is 3.69. The van der Waals surface area contributed by atoms with Crippen molar-refractivity contribution >= 4 is 40.4 Å². The van der Waals surface area contributed by atoms with E-state index in [-0.39, 0.29) is 35.3 Å². The minimum atomic E-state index is -0.811. The summed E-state index contributed by atoms with van der Waals surface area (Å²) >= 11 is 0. The topological polar surface area (TPSA) is 140 Å². The maximum atomic E-state index is 14.3. The second-order valence-corrected chi connectivity index (χ2v) is 6.11. The molecule has 0 unspecified atom stereocenters. The molecule has 0 fully saturated rings. The molecule has 1 atom stereocenters. The van der Waals surface area contributed by atoms with E-state index in [0.717, 1.165) is 6.29 Å². The maximum Gasteiger partial charge on any atom is 0.271 e. The molecule has 0 aliphatic heterocycles. The maximum absolute atomic E-state index is 14.3. The molecular formula is C18H18FN7O2. The Kier molecular flexibility index (Phi) is 5.41. The van der Waals surface area contributed by atoms with Gasteiger partial charge in [-0.05, 0) is 25.1 Å². The van der Waals surface area contributed by atoms with Crippen LogP contribution in [-0.4, -0.2) is 33.2 Å². The van der Waals surface area contributed by atoms with Gasteiger partial charge in [-0.25, -0.2) is 20.2 Å². The van der Waals surface area contributed by atoms with Crippen molar-refractivity contribution in [3.63, 3.8) is 0 Å². The molecule has 10 heteroatoms. The normalized spacial score (nSPS) is 11.8. The number of nitrogens with one attached hydrogen (secondary N) is 1. The number of hydrogen-bond acceptors (Lipinski definition) is 8. The van der Waals surface area contributed by atoms with Gasteiger partial charge in [0.25, 0.3) is 5.91 Å². The van der Waals surface area contributed by atoms with E-state index in [4.69, 9.17) is 11.6 Å². The number of fused-ring (bicyclic) bond motifs is 1. The van der Waals surface area contributed by atoms with Crippen LogP contribution in [0.15, 0.2) is 36.7 Å². The van der Waals surface area contributed by atoms with Crippen LogP contribution in [0.25, 0.3) is 10.9 Å². The molecule has 0 radical (unpaired) electrons. The second-order valence-electron chi connectivity index (χ2n) is 6.11. The highest BCUT2D eigenvalue weighted by molar-refractivity contribution is 5.96. The van der Waals surface area contributed by atoms with Crippen LogP contribution < -0.4 is 21.9 Å². The fraction of sp³-hybridized carbons (Fsp3) is 0.167. The standard InChI is InChI=1S/C18H18FN7O2/c1-10(4-6-27)26(21)14-9-23-16(17(20)28)18(25-14)24-12-7-11-3-2-5-22-15(11)13(19)8-12/h2-3,5-10H,4,21H2,1H3,(H2,20,28)(H,24,25)/t10-/m1/s1. The molecule has 5 N–H and O–H groups in total. The highest BCUT2D eigenvalue weighted by atomic mass is 19.1. The third kappa shape index (κ3) is 3.86. The number of primary amides is 1. The highest BCUT2D eigenvalue weighted by Gasteiger charge is 2.18. The smallest absolute Gasteiger partial charge is 0.271 e. The van der Waals surface area contributed by atoms with Gasteiger partial charge >= 0.3 is 0 Å². The zero-order valence-electron chi connectivity index (χ0n) is 15.0. The first-order valence-electron chi connectivity index (χ1n) is 8.36. The number of nitrogens with zero attached hydrogens (tertiary/aromatic N) is 4. The summed E-state index contributed by atoms with van der Waals surface area (Å²) in [5.41, 5.74) is 5.78. The van der Waals surface area contributed by atoms with E-state index >= 15 is 0 Å². The third-order valence-corrected chi connectivity index (χ3v) is 4.09. The lowest BCUT2D eigenvalue weighted by Gasteiger charge is -2.24. The lowest BCUT2D eigenvalue weighted by atomic mass is 10.2. The summed E-state index contributed by atoms with van der Waals surface area (Å²) in [4.78, 5) is 34.7. The fourth-order valence-corrected chi connectivity index (χ4v) is 2.61. The first kappa shape index (κ1) is 19.1. The molecule has 9 nitrogen and oxygen atoms in total. The van der Waals surface area contributed by atoms with Gasteiger partial charge in [0.2, 0.25) is 0 Å². The third-order valence-electron chi connectivity index (χ3n) is 4.09. The summed E-state index contributed by atoms with van der Waals surface area (Å²) in [5, 5.41) is 4.68. The number of hydrazine groups is 1. The van der Waals surface area contributed by atoms with Crippen molar-refractivity contribution < 1.29 is 14.0 Å².